The molecule has 1 aromatic rings. The Balaban J connectivity index is 2.24. The van der Waals surface area contributed by atoms with E-state index in [1.165, 1.54) is 0 Å². The smallest absolute Gasteiger partial charge is 0.232 e. The van der Waals surface area contributed by atoms with Crippen molar-refractivity contribution < 1.29 is 9.26 Å². The van der Waals surface area contributed by atoms with Gasteiger partial charge in [-0.3, -0.25) is 0 Å². The van der Waals surface area contributed by atoms with Gasteiger partial charge in [0.05, 0.1) is 12.1 Å². The second-order valence-corrected chi connectivity index (χ2v) is 6.02. The highest BCUT2D eigenvalue weighted by Crippen LogP contribution is 2.32. The summed E-state index contributed by atoms with van der Waals surface area (Å²) in [6, 6.07) is 0. The highest BCUT2D eigenvalue weighted by molar-refractivity contribution is 5.08. The molecule has 5 heteroatoms. The SMILES string of the molecule is CC(C)(C)c1nc(C(C)(N)C2CCOC2)no1. The molecule has 0 radical (unpaired) electrons. The predicted molar refractivity (Wildman–Crippen MR) is 63.5 cm³/mol. The Hall–Kier alpha value is -0.940. The van der Waals surface area contributed by atoms with Crippen LogP contribution < -0.4 is 5.73 Å². The molecular formula is C12H21N3O2. The molecule has 5 nitrogen and oxygen atoms in total. The Morgan fingerprint density at radius 1 is 1.29 bits per heavy atom. The molecular weight excluding hydrogens is 218 g/mol. The molecule has 2 N–H and O–H groups in total. The van der Waals surface area contributed by atoms with Crippen LogP contribution in [0.3, 0.4) is 0 Å². The number of rotatable bonds is 2. The Kier molecular flexibility index (Phi) is 2.99. The van der Waals surface area contributed by atoms with Gasteiger partial charge in [-0.05, 0) is 13.3 Å². The first-order valence-corrected chi connectivity index (χ1v) is 6.03. The first-order valence-electron chi connectivity index (χ1n) is 6.03. The van der Waals surface area contributed by atoms with Crippen molar-refractivity contribution in [2.75, 3.05) is 13.2 Å². The van der Waals surface area contributed by atoms with E-state index >= 15 is 0 Å². The molecule has 2 heterocycles. The number of hydrogen-bond acceptors (Lipinski definition) is 5. The highest BCUT2D eigenvalue weighted by Gasteiger charge is 2.39. The van der Waals surface area contributed by atoms with Crippen molar-refractivity contribution in [2.45, 2.75) is 45.1 Å². The monoisotopic (exact) mass is 239 g/mol. The first kappa shape index (κ1) is 12.5. The van der Waals surface area contributed by atoms with Crippen molar-refractivity contribution >= 4 is 0 Å². The summed E-state index contributed by atoms with van der Waals surface area (Å²) < 4.78 is 10.7. The van der Waals surface area contributed by atoms with E-state index in [4.69, 9.17) is 15.0 Å². The van der Waals surface area contributed by atoms with Gasteiger partial charge in [0.15, 0.2) is 5.82 Å². The van der Waals surface area contributed by atoms with Gasteiger partial charge < -0.3 is 15.0 Å². The molecule has 1 saturated heterocycles. The second kappa shape index (κ2) is 4.07. The van der Waals surface area contributed by atoms with Crippen LogP contribution >= 0.6 is 0 Å². The molecule has 2 unspecified atom stereocenters. The van der Waals surface area contributed by atoms with Gasteiger partial charge in [-0.2, -0.15) is 4.98 Å². The summed E-state index contributed by atoms with van der Waals surface area (Å²) in [7, 11) is 0. The molecule has 0 spiro atoms. The van der Waals surface area contributed by atoms with E-state index < -0.39 is 5.54 Å². The highest BCUT2D eigenvalue weighted by atomic mass is 16.5. The summed E-state index contributed by atoms with van der Waals surface area (Å²) in [5.74, 6) is 1.47. The molecule has 96 valence electrons. The third kappa shape index (κ3) is 2.35. The fourth-order valence-corrected chi connectivity index (χ4v) is 1.94. The molecule has 17 heavy (non-hydrogen) atoms. The minimum atomic E-state index is -0.580. The van der Waals surface area contributed by atoms with Gasteiger partial charge in [-0.25, -0.2) is 0 Å². The van der Waals surface area contributed by atoms with Crippen molar-refractivity contribution in [1.29, 1.82) is 0 Å². The number of aromatic nitrogens is 2. The van der Waals surface area contributed by atoms with Gasteiger partial charge in [0, 0.05) is 17.9 Å². The molecule has 0 aliphatic carbocycles. The van der Waals surface area contributed by atoms with Crippen molar-refractivity contribution in [3.05, 3.63) is 11.7 Å². The van der Waals surface area contributed by atoms with E-state index in [-0.39, 0.29) is 11.3 Å². The quantitative estimate of drug-likeness (QED) is 0.848. The van der Waals surface area contributed by atoms with Gasteiger partial charge in [-0.15, -0.1) is 0 Å². The van der Waals surface area contributed by atoms with E-state index in [0.29, 0.717) is 18.3 Å². The summed E-state index contributed by atoms with van der Waals surface area (Å²) >= 11 is 0. The normalized spacial score (nSPS) is 24.9. The van der Waals surface area contributed by atoms with Gasteiger partial charge in [-0.1, -0.05) is 25.9 Å². The summed E-state index contributed by atoms with van der Waals surface area (Å²) in [4.78, 5) is 4.44. The van der Waals surface area contributed by atoms with Crippen LogP contribution in [0, 0.1) is 5.92 Å². The summed E-state index contributed by atoms with van der Waals surface area (Å²) in [5, 5.41) is 4.03. The summed E-state index contributed by atoms with van der Waals surface area (Å²) in [5.41, 5.74) is 5.61. The number of ether oxygens (including phenoxy) is 1. The maximum Gasteiger partial charge on any atom is 0.232 e. The van der Waals surface area contributed by atoms with Crippen molar-refractivity contribution in [3.8, 4) is 0 Å². The lowest BCUT2D eigenvalue weighted by molar-refractivity contribution is 0.163. The van der Waals surface area contributed by atoms with Crippen molar-refractivity contribution in [2.24, 2.45) is 11.7 Å². The largest absolute Gasteiger partial charge is 0.381 e. The molecule has 1 fully saturated rings. The molecule has 1 aromatic heterocycles. The lowest BCUT2D eigenvalue weighted by Gasteiger charge is -2.26. The maximum atomic E-state index is 6.33. The van der Waals surface area contributed by atoms with Crippen LogP contribution in [0.15, 0.2) is 4.52 Å². The number of nitrogens with zero attached hydrogens (tertiary/aromatic N) is 2. The lowest BCUT2D eigenvalue weighted by atomic mass is 9.85. The average Bonchev–Trinajstić information content (AvgIpc) is 2.89. The Bertz CT molecular complexity index is 387. The van der Waals surface area contributed by atoms with Crippen molar-refractivity contribution in [1.82, 2.24) is 10.1 Å². The summed E-state index contributed by atoms with van der Waals surface area (Å²) in [6.45, 7) is 9.50. The minimum Gasteiger partial charge on any atom is -0.381 e. The van der Waals surface area contributed by atoms with E-state index in [2.05, 4.69) is 10.1 Å². The van der Waals surface area contributed by atoms with Gasteiger partial charge in [0.25, 0.3) is 0 Å². The standard InChI is InChI=1S/C12H21N3O2/c1-11(2,3)10-14-9(15-17-10)12(4,13)8-5-6-16-7-8/h8H,5-7,13H2,1-4H3. The van der Waals surface area contributed by atoms with Crippen LogP contribution in [0.4, 0.5) is 0 Å². The zero-order valence-corrected chi connectivity index (χ0v) is 11.0. The fourth-order valence-electron chi connectivity index (χ4n) is 1.94. The molecule has 0 saturated carbocycles. The van der Waals surface area contributed by atoms with Crippen molar-refractivity contribution in [3.63, 3.8) is 0 Å². The molecule has 0 amide bonds. The Morgan fingerprint density at radius 2 is 2.00 bits per heavy atom. The Morgan fingerprint density at radius 3 is 2.47 bits per heavy atom. The van der Waals surface area contributed by atoms with Crippen LogP contribution in [0.1, 0.15) is 45.8 Å². The van der Waals surface area contributed by atoms with Crippen LogP contribution in [0.25, 0.3) is 0 Å². The molecule has 0 bridgehead atoms. The van der Waals surface area contributed by atoms with Crippen LogP contribution in [0.5, 0.6) is 0 Å². The lowest BCUT2D eigenvalue weighted by Crippen LogP contribution is -2.42. The number of nitrogens with two attached hydrogens (primary N) is 1. The van der Waals surface area contributed by atoms with E-state index in [1.807, 2.05) is 27.7 Å². The molecule has 2 atom stereocenters. The van der Waals surface area contributed by atoms with Gasteiger partial charge in [0.1, 0.15) is 0 Å². The second-order valence-electron chi connectivity index (χ2n) is 6.02. The topological polar surface area (TPSA) is 74.2 Å². The van der Waals surface area contributed by atoms with Gasteiger partial charge in [0.2, 0.25) is 5.89 Å². The molecule has 1 aliphatic rings. The van der Waals surface area contributed by atoms with Crippen LogP contribution in [-0.4, -0.2) is 23.4 Å². The average molecular weight is 239 g/mol. The first-order chi connectivity index (χ1) is 7.82. The summed E-state index contributed by atoms with van der Waals surface area (Å²) in [6.07, 6.45) is 0.951. The van der Waals surface area contributed by atoms with E-state index in [0.717, 1.165) is 13.0 Å². The third-order valence-electron chi connectivity index (χ3n) is 3.33. The predicted octanol–water partition coefficient (Wildman–Crippen LogP) is 1.58. The third-order valence-corrected chi connectivity index (χ3v) is 3.33. The zero-order chi connectivity index (χ0) is 12.7. The Labute approximate surface area is 102 Å². The van der Waals surface area contributed by atoms with Gasteiger partial charge >= 0.3 is 0 Å². The van der Waals surface area contributed by atoms with Crippen LogP contribution in [0.2, 0.25) is 0 Å². The number of hydrogen-bond donors (Lipinski definition) is 1. The zero-order valence-electron chi connectivity index (χ0n) is 11.0. The minimum absolute atomic E-state index is 0.145. The molecule has 1 aliphatic heterocycles. The van der Waals surface area contributed by atoms with E-state index in [9.17, 15) is 0 Å². The molecule has 0 aromatic carbocycles. The van der Waals surface area contributed by atoms with E-state index in [1.54, 1.807) is 0 Å². The fraction of sp³-hybridized carbons (Fsp3) is 0.833. The maximum absolute atomic E-state index is 6.33. The molecule has 2 rings (SSSR count). The van der Waals surface area contributed by atoms with Crippen LogP contribution in [-0.2, 0) is 15.7 Å².